The summed E-state index contributed by atoms with van der Waals surface area (Å²) in [4.78, 5) is 7.98. The average molecular weight is 327 g/mol. The Morgan fingerprint density at radius 3 is 2.81 bits per heavy atom. The van der Waals surface area contributed by atoms with Gasteiger partial charge >= 0.3 is 0 Å². The van der Waals surface area contributed by atoms with Crippen LogP contribution in [-0.2, 0) is 0 Å². The van der Waals surface area contributed by atoms with Crippen LogP contribution >= 0.6 is 22.6 Å². The van der Waals surface area contributed by atoms with Crippen LogP contribution in [0.2, 0.25) is 0 Å². The molecule has 0 spiro atoms. The maximum Gasteiger partial charge on any atom is 0.162 e. The summed E-state index contributed by atoms with van der Waals surface area (Å²) in [7, 11) is 0. The predicted molar refractivity (Wildman–Crippen MR) is 71.7 cm³/mol. The molecule has 1 heterocycles. The Morgan fingerprint density at radius 2 is 2.31 bits per heavy atom. The van der Waals surface area contributed by atoms with Gasteiger partial charge in [-0.05, 0) is 29.0 Å². The molecular formula is C10H10IN5. The monoisotopic (exact) mass is 327 g/mol. The highest BCUT2D eigenvalue weighted by molar-refractivity contribution is 14.1. The summed E-state index contributed by atoms with van der Waals surface area (Å²) < 4.78 is 0.310. The fourth-order valence-electron chi connectivity index (χ4n) is 1.32. The molecule has 0 aromatic carbocycles. The summed E-state index contributed by atoms with van der Waals surface area (Å²) in [5, 5.41) is 10.8. The lowest BCUT2D eigenvalue weighted by Gasteiger charge is -2.17. The largest absolute Gasteiger partial charge is 0.383 e. The zero-order valence-corrected chi connectivity index (χ0v) is 10.8. The van der Waals surface area contributed by atoms with Gasteiger partial charge in [-0.1, -0.05) is 18.8 Å². The molecule has 0 radical (unpaired) electrons. The first kappa shape index (κ1) is 11.1. The molecule has 0 saturated carbocycles. The van der Waals surface area contributed by atoms with E-state index in [1.54, 1.807) is 0 Å². The third-order valence-corrected chi connectivity index (χ3v) is 2.92. The van der Waals surface area contributed by atoms with Gasteiger partial charge in [-0.2, -0.15) is 0 Å². The smallest absolute Gasteiger partial charge is 0.162 e. The maximum absolute atomic E-state index is 7.65. The SMILES string of the molecule is CCC1(Nc2ncnc(N)c2C(=N)I)C#C1. The minimum Gasteiger partial charge on any atom is -0.383 e. The van der Waals surface area contributed by atoms with Gasteiger partial charge in [0.05, 0.1) is 5.56 Å². The van der Waals surface area contributed by atoms with Crippen LogP contribution in [0.15, 0.2) is 6.33 Å². The van der Waals surface area contributed by atoms with Crippen molar-refractivity contribution >= 4 is 37.9 Å². The Morgan fingerprint density at radius 1 is 1.62 bits per heavy atom. The number of aromatic nitrogens is 2. The van der Waals surface area contributed by atoms with Crippen LogP contribution in [-0.4, -0.2) is 19.2 Å². The molecule has 0 saturated heterocycles. The van der Waals surface area contributed by atoms with Crippen molar-refractivity contribution in [1.82, 2.24) is 9.97 Å². The van der Waals surface area contributed by atoms with E-state index in [-0.39, 0.29) is 5.54 Å². The third kappa shape index (κ3) is 1.95. The van der Waals surface area contributed by atoms with Crippen LogP contribution in [0.4, 0.5) is 11.6 Å². The lowest BCUT2D eigenvalue weighted by atomic mass is 10.1. The van der Waals surface area contributed by atoms with E-state index in [9.17, 15) is 0 Å². The first-order valence-corrected chi connectivity index (χ1v) is 5.83. The fraction of sp³-hybridized carbons (Fsp3) is 0.300. The number of nitrogens with zero attached hydrogens (tertiary/aromatic N) is 2. The third-order valence-electron chi connectivity index (χ3n) is 2.38. The molecule has 1 aromatic heterocycles. The predicted octanol–water partition coefficient (Wildman–Crippen LogP) is 1.40. The topological polar surface area (TPSA) is 87.7 Å². The molecule has 82 valence electrons. The molecule has 1 aliphatic rings. The molecule has 0 atom stereocenters. The number of nitrogens with one attached hydrogen (secondary N) is 2. The van der Waals surface area contributed by atoms with Crippen molar-refractivity contribution in [1.29, 1.82) is 5.41 Å². The highest BCUT2D eigenvalue weighted by Gasteiger charge is 2.33. The Hall–Kier alpha value is -1.36. The van der Waals surface area contributed by atoms with E-state index in [1.165, 1.54) is 6.33 Å². The molecule has 16 heavy (non-hydrogen) atoms. The second kappa shape index (κ2) is 3.90. The van der Waals surface area contributed by atoms with Gasteiger partial charge < -0.3 is 11.1 Å². The number of halogens is 1. The van der Waals surface area contributed by atoms with E-state index < -0.39 is 0 Å². The van der Waals surface area contributed by atoms with Gasteiger partial charge in [0, 0.05) is 0 Å². The average Bonchev–Trinajstić information content (AvgIpc) is 2.98. The van der Waals surface area contributed by atoms with E-state index in [4.69, 9.17) is 11.1 Å². The zero-order chi connectivity index (χ0) is 11.8. The molecule has 1 aromatic rings. The Bertz CT molecular complexity index is 506. The lowest BCUT2D eigenvalue weighted by molar-refractivity contribution is 0.771. The van der Waals surface area contributed by atoms with Crippen LogP contribution in [0.3, 0.4) is 0 Å². The van der Waals surface area contributed by atoms with E-state index in [1.807, 2.05) is 29.5 Å². The summed E-state index contributed by atoms with van der Waals surface area (Å²) in [5.74, 6) is 6.86. The second-order valence-electron chi connectivity index (χ2n) is 3.43. The molecule has 0 aliphatic heterocycles. The van der Waals surface area contributed by atoms with Crippen LogP contribution < -0.4 is 11.1 Å². The van der Waals surface area contributed by atoms with Gasteiger partial charge in [0.1, 0.15) is 21.7 Å². The summed E-state index contributed by atoms with van der Waals surface area (Å²) in [5.41, 5.74) is 5.93. The number of nitrogens with two attached hydrogens (primary N) is 1. The quantitative estimate of drug-likeness (QED) is 0.443. The second-order valence-corrected chi connectivity index (χ2v) is 4.51. The molecule has 0 fully saturated rings. The van der Waals surface area contributed by atoms with Crippen molar-refractivity contribution in [3.05, 3.63) is 11.9 Å². The van der Waals surface area contributed by atoms with Crippen molar-refractivity contribution < 1.29 is 0 Å². The molecule has 6 heteroatoms. The van der Waals surface area contributed by atoms with Gasteiger partial charge in [-0.15, -0.1) is 0 Å². The molecule has 0 bridgehead atoms. The normalized spacial score (nSPS) is 14.9. The Kier molecular flexibility index (Phi) is 2.71. The van der Waals surface area contributed by atoms with Crippen molar-refractivity contribution in [2.75, 3.05) is 11.1 Å². The minimum atomic E-state index is -0.332. The Balaban J connectivity index is 2.33. The number of anilines is 2. The number of hydrogen-bond donors (Lipinski definition) is 3. The highest BCUT2D eigenvalue weighted by atomic mass is 127. The van der Waals surface area contributed by atoms with E-state index >= 15 is 0 Å². The summed E-state index contributed by atoms with van der Waals surface area (Å²) in [6.45, 7) is 2.03. The summed E-state index contributed by atoms with van der Waals surface area (Å²) >= 11 is 1.89. The van der Waals surface area contributed by atoms with Gasteiger partial charge in [-0.3, -0.25) is 5.41 Å². The zero-order valence-electron chi connectivity index (χ0n) is 8.63. The number of nitrogen functional groups attached to an aromatic ring is 1. The fourth-order valence-corrected chi connectivity index (χ4v) is 1.85. The summed E-state index contributed by atoms with van der Waals surface area (Å²) in [6.07, 6.45) is 2.22. The van der Waals surface area contributed by atoms with Crippen molar-refractivity contribution in [2.45, 2.75) is 18.9 Å². The molecule has 1 aliphatic carbocycles. The summed E-state index contributed by atoms with van der Waals surface area (Å²) in [6, 6.07) is 0. The highest BCUT2D eigenvalue weighted by Crippen LogP contribution is 2.28. The van der Waals surface area contributed by atoms with Crippen LogP contribution in [0.5, 0.6) is 0 Å². The van der Waals surface area contributed by atoms with Crippen LogP contribution in [0.1, 0.15) is 18.9 Å². The van der Waals surface area contributed by atoms with Gasteiger partial charge in [0.2, 0.25) is 0 Å². The molecule has 0 unspecified atom stereocenters. The molecule has 5 nitrogen and oxygen atoms in total. The van der Waals surface area contributed by atoms with Crippen LogP contribution in [0, 0.1) is 17.3 Å². The molecule has 4 N–H and O–H groups in total. The molecule has 0 amide bonds. The maximum atomic E-state index is 7.65. The van der Waals surface area contributed by atoms with E-state index in [0.717, 1.165) is 6.42 Å². The van der Waals surface area contributed by atoms with E-state index in [2.05, 4.69) is 27.1 Å². The van der Waals surface area contributed by atoms with Crippen molar-refractivity contribution in [2.24, 2.45) is 0 Å². The number of hydrogen-bond acceptors (Lipinski definition) is 5. The first-order valence-electron chi connectivity index (χ1n) is 4.75. The van der Waals surface area contributed by atoms with Crippen molar-refractivity contribution in [3.63, 3.8) is 0 Å². The standard InChI is InChI=1S/C10H10IN5/c1-2-10(3-4-10)16-9-6(7(11)12)8(13)14-5-15-9/h5,12H,2H2,1H3,(H3,13,14,15,16). The molecule has 2 rings (SSSR count). The minimum absolute atomic E-state index is 0.309. The molecular weight excluding hydrogens is 317 g/mol. The first-order chi connectivity index (χ1) is 7.58. The van der Waals surface area contributed by atoms with Gasteiger partial charge in [0.25, 0.3) is 0 Å². The van der Waals surface area contributed by atoms with Crippen molar-refractivity contribution in [3.8, 4) is 11.8 Å². The van der Waals surface area contributed by atoms with E-state index in [0.29, 0.717) is 20.9 Å². The van der Waals surface area contributed by atoms with Crippen LogP contribution in [0.25, 0.3) is 0 Å². The van der Waals surface area contributed by atoms with Gasteiger partial charge in [-0.25, -0.2) is 9.97 Å². The number of rotatable bonds is 4. The Labute approximate surface area is 107 Å². The van der Waals surface area contributed by atoms with Gasteiger partial charge in [0.15, 0.2) is 5.54 Å². The lowest BCUT2D eigenvalue weighted by Crippen LogP contribution is -2.26.